The van der Waals surface area contributed by atoms with Gasteiger partial charge in [-0.25, -0.2) is 13.8 Å². The number of methoxy groups -OCH3 is 1. The minimum Gasteiger partial charge on any atom is -0.469 e. The molecule has 3 aromatic rings. The molecular weight excluding hydrogens is 422 g/mol. The zero-order valence-corrected chi connectivity index (χ0v) is 17.6. The Balaban J connectivity index is 1.51. The van der Waals surface area contributed by atoms with Crippen LogP contribution in [-0.2, 0) is 20.7 Å². The second kappa shape index (κ2) is 8.93. The average Bonchev–Trinajstić information content (AvgIpc) is 3.41. The number of hydrogen-bond acceptors (Lipinski definition) is 5. The Labute approximate surface area is 182 Å². The maximum absolute atomic E-state index is 14.4. The molecule has 0 spiro atoms. The summed E-state index contributed by atoms with van der Waals surface area (Å²) in [4.78, 5) is 31.3. The highest BCUT2D eigenvalue weighted by molar-refractivity contribution is 7.13. The lowest BCUT2D eigenvalue weighted by Gasteiger charge is -2.17. The van der Waals surface area contributed by atoms with Crippen LogP contribution in [0, 0.1) is 17.6 Å². The van der Waals surface area contributed by atoms with Gasteiger partial charge >= 0.3 is 5.97 Å². The van der Waals surface area contributed by atoms with Crippen molar-refractivity contribution in [1.29, 1.82) is 0 Å². The molecule has 0 bridgehead atoms. The molecule has 1 aliphatic heterocycles. The van der Waals surface area contributed by atoms with Crippen molar-refractivity contribution in [2.45, 2.75) is 12.3 Å². The summed E-state index contributed by atoms with van der Waals surface area (Å²) in [6.45, 7) is 0.263. The van der Waals surface area contributed by atoms with Crippen LogP contribution >= 0.6 is 11.3 Å². The van der Waals surface area contributed by atoms with E-state index in [2.05, 4.69) is 4.98 Å². The maximum Gasteiger partial charge on any atom is 0.311 e. The minimum absolute atomic E-state index is 0.0792. The van der Waals surface area contributed by atoms with E-state index in [1.165, 1.54) is 29.4 Å². The molecule has 160 valence electrons. The lowest BCUT2D eigenvalue weighted by molar-refractivity contribution is -0.145. The highest BCUT2D eigenvalue weighted by Crippen LogP contribution is 2.35. The first-order valence-corrected chi connectivity index (χ1v) is 10.6. The number of hydrogen-bond donors (Lipinski definition) is 0. The summed E-state index contributed by atoms with van der Waals surface area (Å²) in [6.07, 6.45) is 0.0792. The Morgan fingerprint density at radius 2 is 1.94 bits per heavy atom. The number of ether oxygens (including phenoxy) is 1. The van der Waals surface area contributed by atoms with Crippen LogP contribution in [0.1, 0.15) is 17.2 Å². The summed E-state index contributed by atoms with van der Waals surface area (Å²) < 4.78 is 32.6. The van der Waals surface area contributed by atoms with Crippen molar-refractivity contribution >= 4 is 23.2 Å². The Morgan fingerprint density at radius 3 is 2.65 bits per heavy atom. The summed E-state index contributed by atoms with van der Waals surface area (Å²) in [5.41, 5.74) is 1.82. The van der Waals surface area contributed by atoms with Crippen LogP contribution in [0.2, 0.25) is 0 Å². The summed E-state index contributed by atoms with van der Waals surface area (Å²) in [6, 6.07) is 12.9. The van der Waals surface area contributed by atoms with Gasteiger partial charge in [-0.3, -0.25) is 9.59 Å². The van der Waals surface area contributed by atoms with E-state index < -0.39 is 29.4 Å². The normalized spacial score (nSPS) is 18.2. The van der Waals surface area contributed by atoms with Gasteiger partial charge in [-0.15, -0.1) is 11.3 Å². The van der Waals surface area contributed by atoms with E-state index in [1.807, 2.05) is 35.7 Å². The molecule has 1 aromatic heterocycles. The molecule has 0 radical (unpaired) electrons. The molecule has 0 unspecified atom stereocenters. The fourth-order valence-corrected chi connectivity index (χ4v) is 4.71. The summed E-state index contributed by atoms with van der Waals surface area (Å²) in [7, 11) is 1.26. The number of likely N-dealkylation sites (tertiary alicyclic amines) is 1. The number of carbonyl (C=O) groups excluding carboxylic acids is 2. The predicted molar refractivity (Wildman–Crippen MR) is 112 cm³/mol. The minimum atomic E-state index is -0.736. The number of thiazole rings is 1. The second-order valence-electron chi connectivity index (χ2n) is 7.39. The van der Waals surface area contributed by atoms with E-state index >= 15 is 0 Å². The smallest absolute Gasteiger partial charge is 0.311 e. The fourth-order valence-electron chi connectivity index (χ4n) is 3.88. The molecule has 1 amide bonds. The van der Waals surface area contributed by atoms with Crippen molar-refractivity contribution in [3.05, 3.63) is 76.8 Å². The number of carbonyl (C=O) groups is 2. The molecule has 1 saturated heterocycles. The Bertz CT molecular complexity index is 1100. The summed E-state index contributed by atoms with van der Waals surface area (Å²) in [5.74, 6) is -3.48. The predicted octanol–water partition coefficient (Wildman–Crippen LogP) is 4.05. The number of rotatable bonds is 5. The van der Waals surface area contributed by atoms with Gasteiger partial charge in [-0.05, 0) is 11.6 Å². The van der Waals surface area contributed by atoms with Gasteiger partial charge in [0.15, 0.2) is 0 Å². The van der Waals surface area contributed by atoms with Crippen LogP contribution in [0.15, 0.2) is 53.9 Å². The molecule has 4 rings (SSSR count). The molecule has 0 aliphatic carbocycles. The summed E-state index contributed by atoms with van der Waals surface area (Å²) >= 11 is 1.46. The van der Waals surface area contributed by atoms with Crippen LogP contribution in [0.25, 0.3) is 10.6 Å². The zero-order chi connectivity index (χ0) is 22.0. The van der Waals surface area contributed by atoms with Crippen LogP contribution in [0.3, 0.4) is 0 Å². The molecule has 31 heavy (non-hydrogen) atoms. The molecule has 0 saturated carbocycles. The van der Waals surface area contributed by atoms with Crippen molar-refractivity contribution < 1.29 is 23.1 Å². The van der Waals surface area contributed by atoms with E-state index in [1.54, 1.807) is 0 Å². The molecule has 0 N–H and O–H groups in total. The van der Waals surface area contributed by atoms with E-state index in [4.69, 9.17) is 4.74 Å². The van der Waals surface area contributed by atoms with Crippen molar-refractivity contribution in [2.24, 2.45) is 5.92 Å². The molecule has 1 aliphatic rings. The number of halogens is 2. The van der Waals surface area contributed by atoms with Gasteiger partial charge in [0.05, 0.1) is 25.1 Å². The topological polar surface area (TPSA) is 59.5 Å². The highest BCUT2D eigenvalue weighted by Gasteiger charge is 2.42. The number of amides is 1. The lowest BCUT2D eigenvalue weighted by atomic mass is 9.88. The third-order valence-corrected chi connectivity index (χ3v) is 6.38. The molecule has 1 fully saturated rings. The molecule has 2 atom stereocenters. The SMILES string of the molecule is COC(=O)[C@H]1CN(C(=O)Cc2csc(-c3ccccc3)n2)C[C@@H]1c1ccc(F)cc1F. The fraction of sp³-hybridized carbons (Fsp3) is 0.261. The first-order valence-electron chi connectivity index (χ1n) is 9.76. The van der Waals surface area contributed by atoms with Crippen LogP contribution in [0.4, 0.5) is 8.78 Å². The van der Waals surface area contributed by atoms with Gasteiger partial charge in [0, 0.05) is 36.0 Å². The third-order valence-electron chi connectivity index (χ3n) is 5.44. The van der Waals surface area contributed by atoms with E-state index in [0.717, 1.165) is 22.7 Å². The molecule has 8 heteroatoms. The zero-order valence-electron chi connectivity index (χ0n) is 16.8. The van der Waals surface area contributed by atoms with Gasteiger partial charge in [0.25, 0.3) is 0 Å². The van der Waals surface area contributed by atoms with Crippen molar-refractivity contribution in [2.75, 3.05) is 20.2 Å². The van der Waals surface area contributed by atoms with E-state index in [9.17, 15) is 18.4 Å². The van der Waals surface area contributed by atoms with E-state index in [-0.39, 0.29) is 31.0 Å². The second-order valence-corrected chi connectivity index (χ2v) is 8.25. The number of nitrogens with zero attached hydrogens (tertiary/aromatic N) is 2. The lowest BCUT2D eigenvalue weighted by Crippen LogP contribution is -2.31. The quantitative estimate of drug-likeness (QED) is 0.560. The standard InChI is InChI=1S/C23H20F2N2O3S/c1-30-23(29)19-12-27(11-18(19)17-8-7-15(24)9-20(17)25)21(28)10-16-13-31-22(26-16)14-5-3-2-4-6-14/h2-9,13,18-19H,10-12H2,1H3/t18-,19+/m1/s1. The van der Waals surface area contributed by atoms with Crippen LogP contribution in [0.5, 0.6) is 0 Å². The first-order chi connectivity index (χ1) is 15.0. The largest absolute Gasteiger partial charge is 0.469 e. The average molecular weight is 442 g/mol. The van der Waals surface area contributed by atoms with Gasteiger partial charge < -0.3 is 9.64 Å². The van der Waals surface area contributed by atoms with Gasteiger partial charge in [0.2, 0.25) is 5.91 Å². The molecule has 2 aromatic carbocycles. The van der Waals surface area contributed by atoms with Gasteiger partial charge in [0.1, 0.15) is 16.6 Å². The van der Waals surface area contributed by atoms with Gasteiger partial charge in [-0.2, -0.15) is 0 Å². The van der Waals surface area contributed by atoms with Crippen molar-refractivity contribution in [3.63, 3.8) is 0 Å². The maximum atomic E-state index is 14.4. The highest BCUT2D eigenvalue weighted by atomic mass is 32.1. The third kappa shape index (κ3) is 4.49. The van der Waals surface area contributed by atoms with Gasteiger partial charge in [-0.1, -0.05) is 36.4 Å². The monoisotopic (exact) mass is 442 g/mol. The number of esters is 1. The van der Waals surface area contributed by atoms with Crippen LogP contribution in [-0.4, -0.2) is 42.0 Å². The first kappa shape index (κ1) is 21.1. The summed E-state index contributed by atoms with van der Waals surface area (Å²) in [5, 5.41) is 2.66. The Morgan fingerprint density at radius 1 is 1.16 bits per heavy atom. The van der Waals surface area contributed by atoms with Crippen LogP contribution < -0.4 is 0 Å². The molecule has 2 heterocycles. The number of benzene rings is 2. The molecule has 5 nitrogen and oxygen atoms in total. The van der Waals surface area contributed by atoms with Crippen molar-refractivity contribution in [1.82, 2.24) is 9.88 Å². The molecular formula is C23H20F2N2O3S. The van der Waals surface area contributed by atoms with E-state index in [0.29, 0.717) is 5.69 Å². The Kier molecular flexibility index (Phi) is 6.08. The Hall–Kier alpha value is -3.13. The van der Waals surface area contributed by atoms with Crippen molar-refractivity contribution in [3.8, 4) is 10.6 Å². The number of aromatic nitrogens is 1.